The van der Waals surface area contributed by atoms with Crippen molar-refractivity contribution in [2.45, 2.75) is 32.4 Å². The fourth-order valence-electron chi connectivity index (χ4n) is 4.77. The summed E-state index contributed by atoms with van der Waals surface area (Å²) in [5.74, 6) is 0.00613. The number of rotatable bonds is 6. The number of nitrogens with zero attached hydrogens (tertiary/aromatic N) is 4. The van der Waals surface area contributed by atoms with Crippen LogP contribution in [0.2, 0.25) is 0 Å². The van der Waals surface area contributed by atoms with Crippen LogP contribution in [0.5, 0.6) is 0 Å². The fourth-order valence-corrected chi connectivity index (χ4v) is 5.52. The molecule has 1 aliphatic rings. The summed E-state index contributed by atoms with van der Waals surface area (Å²) in [6, 6.07) is 21.9. The first-order valence-electron chi connectivity index (χ1n) is 11.8. The molecule has 0 bridgehead atoms. The molecule has 4 aromatic rings. The summed E-state index contributed by atoms with van der Waals surface area (Å²) in [5, 5.41) is 6.89. The highest BCUT2D eigenvalue weighted by molar-refractivity contribution is 7.13. The predicted molar refractivity (Wildman–Crippen MR) is 138 cm³/mol. The Morgan fingerprint density at radius 1 is 1.06 bits per heavy atom. The van der Waals surface area contributed by atoms with Crippen LogP contribution in [0, 0.1) is 0 Å². The summed E-state index contributed by atoms with van der Waals surface area (Å²) < 4.78 is 1.87. The molecule has 2 aromatic heterocycles. The van der Waals surface area contributed by atoms with E-state index in [0.29, 0.717) is 13.1 Å². The summed E-state index contributed by atoms with van der Waals surface area (Å²) in [5.41, 5.74) is 5.14. The topological polar surface area (TPSA) is 58.4 Å². The average molecular weight is 485 g/mol. The SMILES string of the molecule is CC(=O)N1CCc2ccccc2C1CC(=O)N(C)Cc1cn(-c2ccccc2)nc1-c1cccs1. The van der Waals surface area contributed by atoms with Gasteiger partial charge in [0.1, 0.15) is 5.69 Å². The molecule has 0 fully saturated rings. The first-order valence-corrected chi connectivity index (χ1v) is 12.7. The van der Waals surface area contributed by atoms with Crippen LogP contribution in [0.15, 0.2) is 78.3 Å². The van der Waals surface area contributed by atoms with Gasteiger partial charge in [-0.2, -0.15) is 5.10 Å². The summed E-state index contributed by atoms with van der Waals surface area (Å²) in [6.07, 6.45) is 3.08. The number of hydrogen-bond donors (Lipinski definition) is 0. The summed E-state index contributed by atoms with van der Waals surface area (Å²) >= 11 is 1.64. The van der Waals surface area contributed by atoms with Crippen molar-refractivity contribution < 1.29 is 9.59 Å². The van der Waals surface area contributed by atoms with Gasteiger partial charge < -0.3 is 9.80 Å². The minimum atomic E-state index is -0.240. The molecule has 7 heteroatoms. The number of amides is 2. The van der Waals surface area contributed by atoms with E-state index in [1.807, 2.05) is 82.8 Å². The van der Waals surface area contributed by atoms with Crippen molar-refractivity contribution >= 4 is 23.2 Å². The van der Waals surface area contributed by atoms with Crippen LogP contribution in [0.1, 0.15) is 36.1 Å². The van der Waals surface area contributed by atoms with Gasteiger partial charge in [0.05, 0.1) is 23.0 Å². The van der Waals surface area contributed by atoms with Gasteiger partial charge >= 0.3 is 0 Å². The fraction of sp³-hybridized carbons (Fsp3) is 0.250. The molecule has 2 amide bonds. The second kappa shape index (κ2) is 9.88. The highest BCUT2D eigenvalue weighted by Gasteiger charge is 2.31. The van der Waals surface area contributed by atoms with Crippen LogP contribution < -0.4 is 0 Å². The number of carbonyl (C=O) groups excluding carboxylic acids is 2. The molecule has 0 spiro atoms. The van der Waals surface area contributed by atoms with Crippen molar-refractivity contribution in [1.29, 1.82) is 0 Å². The van der Waals surface area contributed by atoms with Crippen LogP contribution in [0.25, 0.3) is 16.3 Å². The van der Waals surface area contributed by atoms with Gasteiger partial charge in [-0.25, -0.2) is 4.68 Å². The van der Waals surface area contributed by atoms with Gasteiger partial charge in [0, 0.05) is 38.8 Å². The van der Waals surface area contributed by atoms with Crippen molar-refractivity contribution in [2.75, 3.05) is 13.6 Å². The van der Waals surface area contributed by atoms with Crippen molar-refractivity contribution in [3.63, 3.8) is 0 Å². The molecule has 0 saturated heterocycles. The highest BCUT2D eigenvalue weighted by atomic mass is 32.1. The normalized spacial score (nSPS) is 15.0. The average Bonchev–Trinajstić information content (AvgIpc) is 3.55. The molecule has 6 nitrogen and oxygen atoms in total. The lowest BCUT2D eigenvalue weighted by Gasteiger charge is -2.37. The Morgan fingerprint density at radius 2 is 1.83 bits per heavy atom. The number of fused-ring (bicyclic) bond motifs is 1. The minimum absolute atomic E-state index is 0.00236. The maximum absolute atomic E-state index is 13.4. The third-order valence-electron chi connectivity index (χ3n) is 6.58. The second-order valence-corrected chi connectivity index (χ2v) is 9.84. The smallest absolute Gasteiger partial charge is 0.225 e. The quantitative estimate of drug-likeness (QED) is 0.383. The van der Waals surface area contributed by atoms with E-state index in [4.69, 9.17) is 5.10 Å². The van der Waals surface area contributed by atoms with Gasteiger partial charge in [0.15, 0.2) is 0 Å². The zero-order chi connectivity index (χ0) is 24.4. The van der Waals surface area contributed by atoms with Gasteiger partial charge in [-0.3, -0.25) is 9.59 Å². The number of aromatic nitrogens is 2. The number of benzene rings is 2. The molecule has 0 aliphatic carbocycles. The number of para-hydroxylation sites is 1. The minimum Gasteiger partial charge on any atom is -0.341 e. The molecule has 1 atom stereocenters. The van der Waals surface area contributed by atoms with Crippen LogP contribution >= 0.6 is 11.3 Å². The Kier molecular flexibility index (Phi) is 6.51. The van der Waals surface area contributed by atoms with Gasteiger partial charge in [0.25, 0.3) is 0 Å². The van der Waals surface area contributed by atoms with E-state index in [1.54, 1.807) is 23.2 Å². The Morgan fingerprint density at radius 3 is 2.57 bits per heavy atom. The van der Waals surface area contributed by atoms with Crippen molar-refractivity contribution in [1.82, 2.24) is 19.6 Å². The summed E-state index contributed by atoms with van der Waals surface area (Å²) in [4.78, 5) is 30.4. The maximum Gasteiger partial charge on any atom is 0.225 e. The molecule has 2 aromatic carbocycles. The monoisotopic (exact) mass is 484 g/mol. The van der Waals surface area contributed by atoms with E-state index in [0.717, 1.165) is 33.8 Å². The van der Waals surface area contributed by atoms with E-state index >= 15 is 0 Å². The highest BCUT2D eigenvalue weighted by Crippen LogP contribution is 2.33. The molecule has 178 valence electrons. The number of thiophene rings is 1. The number of carbonyl (C=O) groups is 2. The predicted octanol–water partition coefficient (Wildman–Crippen LogP) is 5.10. The van der Waals surface area contributed by atoms with Gasteiger partial charge in [-0.1, -0.05) is 48.5 Å². The maximum atomic E-state index is 13.4. The lowest BCUT2D eigenvalue weighted by Crippen LogP contribution is -2.41. The van der Waals surface area contributed by atoms with Crippen LogP contribution in [0.3, 0.4) is 0 Å². The molecule has 0 radical (unpaired) electrons. The van der Waals surface area contributed by atoms with E-state index in [9.17, 15) is 9.59 Å². The van der Waals surface area contributed by atoms with Crippen molar-refractivity contribution in [3.8, 4) is 16.3 Å². The summed E-state index contributed by atoms with van der Waals surface area (Å²) in [6.45, 7) is 2.66. The molecule has 5 rings (SSSR count). The van der Waals surface area contributed by atoms with E-state index in [2.05, 4.69) is 12.1 Å². The Hall–Kier alpha value is -3.71. The second-order valence-electron chi connectivity index (χ2n) is 8.89. The zero-order valence-corrected chi connectivity index (χ0v) is 20.7. The largest absolute Gasteiger partial charge is 0.341 e. The number of hydrogen-bond acceptors (Lipinski definition) is 4. The van der Waals surface area contributed by atoms with Crippen LogP contribution in [0.4, 0.5) is 0 Å². The molecule has 0 N–H and O–H groups in total. The molecular formula is C28H28N4O2S. The molecular weight excluding hydrogens is 456 g/mol. The van der Waals surface area contributed by atoms with Crippen LogP contribution in [-0.4, -0.2) is 45.0 Å². The third kappa shape index (κ3) is 4.77. The molecule has 35 heavy (non-hydrogen) atoms. The first-order chi connectivity index (χ1) is 17.0. The lowest BCUT2D eigenvalue weighted by atomic mass is 9.90. The van der Waals surface area contributed by atoms with E-state index in [1.165, 1.54) is 5.56 Å². The molecule has 1 unspecified atom stereocenters. The first kappa shape index (κ1) is 23.1. The van der Waals surface area contributed by atoms with Crippen molar-refractivity contribution in [3.05, 3.63) is 95.0 Å². The van der Waals surface area contributed by atoms with Gasteiger partial charge in [-0.05, 0) is 41.1 Å². The third-order valence-corrected chi connectivity index (χ3v) is 7.46. The molecule has 1 aliphatic heterocycles. The Labute approximate surface area is 209 Å². The van der Waals surface area contributed by atoms with Gasteiger partial charge in [-0.15, -0.1) is 11.3 Å². The zero-order valence-electron chi connectivity index (χ0n) is 19.9. The summed E-state index contributed by atoms with van der Waals surface area (Å²) in [7, 11) is 1.83. The van der Waals surface area contributed by atoms with Crippen molar-refractivity contribution in [2.24, 2.45) is 0 Å². The van der Waals surface area contributed by atoms with E-state index < -0.39 is 0 Å². The Bertz CT molecular complexity index is 1330. The van der Waals surface area contributed by atoms with Gasteiger partial charge in [0.2, 0.25) is 11.8 Å². The standard InChI is InChI=1S/C28H28N4O2S/c1-20(33)31-15-14-21-9-6-7-12-24(21)25(31)17-27(34)30(2)18-22-19-32(23-10-4-3-5-11-23)29-28(22)26-13-8-16-35-26/h3-13,16,19,25H,14-15,17-18H2,1-2H3. The molecule has 3 heterocycles. The molecule has 0 saturated carbocycles. The lowest BCUT2D eigenvalue weighted by molar-refractivity contribution is -0.136. The Balaban J connectivity index is 1.40. The van der Waals surface area contributed by atoms with E-state index in [-0.39, 0.29) is 24.3 Å². The van der Waals surface area contributed by atoms with Crippen LogP contribution in [-0.2, 0) is 22.6 Å².